The van der Waals surface area contributed by atoms with Crippen LogP contribution in [0.5, 0.6) is 5.75 Å². The third kappa shape index (κ3) is 4.62. The molecule has 0 unspecified atom stereocenters. The molecule has 0 aliphatic rings. The molecule has 0 radical (unpaired) electrons. The Morgan fingerprint density at radius 2 is 2.00 bits per heavy atom. The SMILES string of the molecule is CC[C@@H](Oc1ccccc1F)C(=O)NCc1nc(-c2ccccc2Cl)no1. The number of carbonyl (C=O) groups is 1. The molecule has 0 saturated carbocycles. The topological polar surface area (TPSA) is 77.2 Å². The van der Waals surface area contributed by atoms with E-state index in [1.807, 2.05) is 6.07 Å². The zero-order valence-electron chi connectivity index (χ0n) is 14.5. The summed E-state index contributed by atoms with van der Waals surface area (Å²) in [7, 11) is 0. The van der Waals surface area contributed by atoms with Gasteiger partial charge in [0.25, 0.3) is 5.91 Å². The number of ether oxygens (including phenoxy) is 1. The molecule has 1 amide bonds. The number of para-hydroxylation sites is 1. The number of rotatable bonds is 7. The van der Waals surface area contributed by atoms with Crippen LogP contribution in [0.25, 0.3) is 11.4 Å². The lowest BCUT2D eigenvalue weighted by Gasteiger charge is -2.17. The number of amides is 1. The number of benzene rings is 2. The summed E-state index contributed by atoms with van der Waals surface area (Å²) in [6.45, 7) is 1.79. The molecule has 140 valence electrons. The van der Waals surface area contributed by atoms with Crippen LogP contribution < -0.4 is 10.1 Å². The zero-order valence-corrected chi connectivity index (χ0v) is 15.2. The largest absolute Gasteiger partial charge is 0.478 e. The van der Waals surface area contributed by atoms with Crippen molar-refractivity contribution in [3.05, 3.63) is 65.3 Å². The molecular formula is C19H17ClFN3O3. The molecule has 8 heteroatoms. The highest BCUT2D eigenvalue weighted by Crippen LogP contribution is 2.24. The molecule has 3 aromatic rings. The van der Waals surface area contributed by atoms with Crippen LogP contribution in [0.1, 0.15) is 19.2 Å². The number of nitrogens with zero attached hydrogens (tertiary/aromatic N) is 2. The summed E-state index contributed by atoms with van der Waals surface area (Å²) in [5.74, 6) is -0.347. The number of halogens is 2. The summed E-state index contributed by atoms with van der Waals surface area (Å²) in [6.07, 6.45) is -0.470. The Kier molecular flexibility index (Phi) is 6.03. The van der Waals surface area contributed by atoms with E-state index < -0.39 is 17.8 Å². The lowest BCUT2D eigenvalue weighted by molar-refractivity contribution is -0.128. The fourth-order valence-electron chi connectivity index (χ4n) is 2.37. The Bertz CT molecular complexity index is 932. The Balaban J connectivity index is 1.61. The third-order valence-electron chi connectivity index (χ3n) is 3.77. The van der Waals surface area contributed by atoms with Crippen LogP contribution >= 0.6 is 11.6 Å². The van der Waals surface area contributed by atoms with Gasteiger partial charge in [0, 0.05) is 5.56 Å². The van der Waals surface area contributed by atoms with Crippen molar-refractivity contribution in [3.63, 3.8) is 0 Å². The van der Waals surface area contributed by atoms with Gasteiger partial charge in [0.2, 0.25) is 11.7 Å². The van der Waals surface area contributed by atoms with Crippen molar-refractivity contribution in [1.82, 2.24) is 15.5 Å². The van der Waals surface area contributed by atoms with E-state index in [4.69, 9.17) is 20.9 Å². The first-order valence-electron chi connectivity index (χ1n) is 8.35. The maximum atomic E-state index is 13.7. The number of aromatic nitrogens is 2. The molecule has 0 fully saturated rings. The van der Waals surface area contributed by atoms with E-state index in [1.54, 1.807) is 37.3 Å². The predicted molar refractivity (Wildman–Crippen MR) is 97.7 cm³/mol. The smallest absolute Gasteiger partial charge is 0.261 e. The Labute approximate surface area is 160 Å². The van der Waals surface area contributed by atoms with Gasteiger partial charge in [-0.2, -0.15) is 4.98 Å². The second kappa shape index (κ2) is 8.64. The van der Waals surface area contributed by atoms with Gasteiger partial charge in [0.1, 0.15) is 0 Å². The second-order valence-electron chi connectivity index (χ2n) is 5.65. The summed E-state index contributed by atoms with van der Waals surface area (Å²) in [4.78, 5) is 16.5. The normalized spacial score (nSPS) is 11.8. The van der Waals surface area contributed by atoms with Gasteiger partial charge in [-0.15, -0.1) is 0 Å². The molecule has 0 spiro atoms. The highest BCUT2D eigenvalue weighted by molar-refractivity contribution is 6.33. The van der Waals surface area contributed by atoms with E-state index in [0.717, 1.165) is 0 Å². The van der Waals surface area contributed by atoms with E-state index in [-0.39, 0.29) is 18.2 Å². The van der Waals surface area contributed by atoms with Gasteiger partial charge in [0.15, 0.2) is 17.7 Å². The molecular weight excluding hydrogens is 373 g/mol. The summed E-state index contributed by atoms with van der Waals surface area (Å²) < 4.78 is 24.3. The van der Waals surface area contributed by atoms with Crippen LogP contribution in [0.3, 0.4) is 0 Å². The van der Waals surface area contributed by atoms with Crippen molar-refractivity contribution in [2.45, 2.75) is 26.0 Å². The third-order valence-corrected chi connectivity index (χ3v) is 4.10. The Hall–Kier alpha value is -2.93. The first kappa shape index (κ1) is 18.8. The molecule has 1 N–H and O–H groups in total. The predicted octanol–water partition coefficient (Wildman–Crippen LogP) is 4.00. The molecule has 0 saturated heterocycles. The molecule has 1 aromatic heterocycles. The Morgan fingerprint density at radius 1 is 1.26 bits per heavy atom. The van der Waals surface area contributed by atoms with E-state index in [0.29, 0.717) is 22.8 Å². The van der Waals surface area contributed by atoms with E-state index >= 15 is 0 Å². The van der Waals surface area contributed by atoms with E-state index in [2.05, 4.69) is 15.5 Å². The van der Waals surface area contributed by atoms with Crippen molar-refractivity contribution in [2.75, 3.05) is 0 Å². The van der Waals surface area contributed by atoms with Crippen molar-refractivity contribution in [2.24, 2.45) is 0 Å². The quantitative estimate of drug-likeness (QED) is 0.660. The van der Waals surface area contributed by atoms with Gasteiger partial charge in [-0.05, 0) is 30.7 Å². The van der Waals surface area contributed by atoms with Crippen LogP contribution in [0.2, 0.25) is 5.02 Å². The van der Waals surface area contributed by atoms with Crippen molar-refractivity contribution in [1.29, 1.82) is 0 Å². The average molecular weight is 390 g/mol. The van der Waals surface area contributed by atoms with Crippen molar-refractivity contribution >= 4 is 17.5 Å². The maximum Gasteiger partial charge on any atom is 0.261 e. The summed E-state index contributed by atoms with van der Waals surface area (Å²) in [6, 6.07) is 13.0. The minimum atomic E-state index is -0.840. The van der Waals surface area contributed by atoms with Gasteiger partial charge in [-0.3, -0.25) is 4.79 Å². The fraction of sp³-hybridized carbons (Fsp3) is 0.211. The standard InChI is InChI=1S/C19H17ClFN3O3/c1-2-15(26-16-10-6-5-9-14(16)21)19(25)22-11-17-23-18(24-27-17)12-7-3-4-8-13(12)20/h3-10,15H,2,11H2,1H3,(H,22,25)/t15-/m1/s1. The second-order valence-corrected chi connectivity index (χ2v) is 6.06. The number of nitrogens with one attached hydrogen (secondary N) is 1. The zero-order chi connectivity index (χ0) is 19.2. The molecule has 0 aliphatic carbocycles. The summed E-state index contributed by atoms with van der Waals surface area (Å²) in [5.41, 5.74) is 0.634. The van der Waals surface area contributed by atoms with Crippen LogP contribution in [-0.4, -0.2) is 22.2 Å². The lowest BCUT2D eigenvalue weighted by atomic mass is 10.2. The molecule has 0 bridgehead atoms. The lowest BCUT2D eigenvalue weighted by Crippen LogP contribution is -2.37. The first-order chi connectivity index (χ1) is 13.1. The van der Waals surface area contributed by atoms with E-state index in [1.165, 1.54) is 12.1 Å². The first-order valence-corrected chi connectivity index (χ1v) is 8.72. The monoisotopic (exact) mass is 389 g/mol. The van der Waals surface area contributed by atoms with Crippen molar-refractivity contribution in [3.8, 4) is 17.1 Å². The van der Waals surface area contributed by atoms with Gasteiger partial charge in [0.05, 0.1) is 11.6 Å². The number of carbonyl (C=O) groups excluding carboxylic acids is 1. The van der Waals surface area contributed by atoms with Gasteiger partial charge in [-0.25, -0.2) is 4.39 Å². The maximum absolute atomic E-state index is 13.7. The van der Waals surface area contributed by atoms with Gasteiger partial charge in [-0.1, -0.05) is 47.9 Å². The fourth-order valence-corrected chi connectivity index (χ4v) is 2.59. The minimum Gasteiger partial charge on any atom is -0.478 e. The molecule has 0 aliphatic heterocycles. The van der Waals surface area contributed by atoms with E-state index in [9.17, 15) is 9.18 Å². The number of hydrogen-bond acceptors (Lipinski definition) is 5. The molecule has 1 atom stereocenters. The highest BCUT2D eigenvalue weighted by Gasteiger charge is 2.20. The summed E-state index contributed by atoms with van der Waals surface area (Å²) >= 11 is 6.11. The van der Waals surface area contributed by atoms with Crippen LogP contribution in [0.15, 0.2) is 53.1 Å². The van der Waals surface area contributed by atoms with Crippen LogP contribution in [-0.2, 0) is 11.3 Å². The van der Waals surface area contributed by atoms with Gasteiger partial charge >= 0.3 is 0 Å². The molecule has 1 heterocycles. The van der Waals surface area contributed by atoms with Crippen molar-refractivity contribution < 1.29 is 18.4 Å². The molecule has 3 rings (SSSR count). The Morgan fingerprint density at radius 3 is 2.74 bits per heavy atom. The number of hydrogen-bond donors (Lipinski definition) is 1. The van der Waals surface area contributed by atoms with Crippen LogP contribution in [0.4, 0.5) is 4.39 Å². The van der Waals surface area contributed by atoms with Crippen LogP contribution in [0, 0.1) is 5.82 Å². The molecule has 2 aromatic carbocycles. The molecule has 27 heavy (non-hydrogen) atoms. The summed E-state index contributed by atoms with van der Waals surface area (Å²) in [5, 5.41) is 7.02. The average Bonchev–Trinajstić information content (AvgIpc) is 3.14. The highest BCUT2D eigenvalue weighted by atomic mass is 35.5. The van der Waals surface area contributed by atoms with Gasteiger partial charge < -0.3 is 14.6 Å². The minimum absolute atomic E-state index is 0.0212. The molecule has 6 nitrogen and oxygen atoms in total.